The minimum absolute atomic E-state index is 0.0592. The lowest BCUT2D eigenvalue weighted by Gasteiger charge is -2.11. The maximum Gasteiger partial charge on any atom is 0.433 e. The SMILES string of the molecule is COc1ccc(C(=O)Nc2cc(C(F)(F)F)n(C)n2)cc1C(=O)NCCCN. The highest BCUT2D eigenvalue weighted by Gasteiger charge is 2.35. The van der Waals surface area contributed by atoms with Crippen LogP contribution in [0.5, 0.6) is 5.75 Å². The molecule has 0 bridgehead atoms. The molecule has 152 valence electrons. The van der Waals surface area contributed by atoms with Crippen molar-refractivity contribution in [3.8, 4) is 5.75 Å². The molecule has 0 aliphatic heterocycles. The highest BCUT2D eigenvalue weighted by molar-refractivity contribution is 6.06. The fourth-order valence-corrected chi connectivity index (χ4v) is 2.41. The van der Waals surface area contributed by atoms with Crippen molar-refractivity contribution >= 4 is 17.6 Å². The van der Waals surface area contributed by atoms with Gasteiger partial charge in [0, 0.05) is 25.2 Å². The van der Waals surface area contributed by atoms with Crippen LogP contribution in [0.3, 0.4) is 0 Å². The van der Waals surface area contributed by atoms with E-state index < -0.39 is 23.7 Å². The molecule has 1 aromatic carbocycles. The standard InChI is InChI=1S/C17H20F3N5O3/c1-25-13(17(18,19)20)9-14(24-25)23-15(26)10-4-5-12(28-2)11(8-10)16(27)22-7-3-6-21/h4-5,8-9H,3,6-7,21H2,1-2H3,(H,22,27)(H,23,24,26). The molecule has 0 aliphatic rings. The van der Waals surface area contributed by atoms with Crippen molar-refractivity contribution in [1.29, 1.82) is 0 Å². The van der Waals surface area contributed by atoms with Crippen LogP contribution in [0.25, 0.3) is 0 Å². The maximum atomic E-state index is 12.8. The number of methoxy groups -OCH3 is 1. The van der Waals surface area contributed by atoms with Gasteiger partial charge in [0.15, 0.2) is 5.82 Å². The summed E-state index contributed by atoms with van der Waals surface area (Å²) in [7, 11) is 2.49. The Labute approximate surface area is 158 Å². The normalized spacial score (nSPS) is 11.2. The van der Waals surface area contributed by atoms with Crippen LogP contribution >= 0.6 is 0 Å². The summed E-state index contributed by atoms with van der Waals surface area (Å²) in [4.78, 5) is 24.7. The first kappa shape index (κ1) is 21.2. The Bertz CT molecular complexity index is 864. The second kappa shape index (κ2) is 8.74. The molecule has 2 rings (SSSR count). The van der Waals surface area contributed by atoms with Crippen LogP contribution in [-0.4, -0.2) is 41.8 Å². The quantitative estimate of drug-likeness (QED) is 0.615. The molecule has 2 amide bonds. The van der Waals surface area contributed by atoms with Gasteiger partial charge in [-0.2, -0.15) is 18.3 Å². The lowest BCUT2D eigenvalue weighted by molar-refractivity contribution is -0.143. The fourth-order valence-electron chi connectivity index (χ4n) is 2.41. The molecule has 0 saturated heterocycles. The van der Waals surface area contributed by atoms with E-state index in [0.717, 1.165) is 13.1 Å². The van der Waals surface area contributed by atoms with E-state index in [1.807, 2.05) is 0 Å². The molecule has 8 nitrogen and oxygen atoms in total. The summed E-state index contributed by atoms with van der Waals surface area (Å²) in [5.74, 6) is -1.19. The van der Waals surface area contributed by atoms with Gasteiger partial charge in [-0.25, -0.2) is 0 Å². The number of ether oxygens (including phenoxy) is 1. The number of hydrogen-bond donors (Lipinski definition) is 3. The van der Waals surface area contributed by atoms with Crippen molar-refractivity contribution in [1.82, 2.24) is 15.1 Å². The zero-order valence-electron chi connectivity index (χ0n) is 15.3. The second-order valence-electron chi connectivity index (χ2n) is 5.80. The predicted octanol–water partition coefficient (Wildman–Crippen LogP) is 1.78. The van der Waals surface area contributed by atoms with Crippen LogP contribution in [0.4, 0.5) is 19.0 Å². The van der Waals surface area contributed by atoms with Crippen LogP contribution in [-0.2, 0) is 13.2 Å². The first-order valence-corrected chi connectivity index (χ1v) is 8.26. The Morgan fingerprint density at radius 2 is 1.96 bits per heavy atom. The summed E-state index contributed by atoms with van der Waals surface area (Å²) in [6.45, 7) is 0.757. The monoisotopic (exact) mass is 399 g/mol. The second-order valence-corrected chi connectivity index (χ2v) is 5.80. The van der Waals surface area contributed by atoms with Gasteiger partial charge in [-0.3, -0.25) is 14.3 Å². The average Bonchev–Trinajstić information content (AvgIpc) is 3.01. The van der Waals surface area contributed by atoms with Gasteiger partial charge in [-0.1, -0.05) is 0 Å². The molecule has 2 aromatic rings. The van der Waals surface area contributed by atoms with Gasteiger partial charge in [0.1, 0.15) is 11.4 Å². The van der Waals surface area contributed by atoms with Crippen molar-refractivity contribution in [3.63, 3.8) is 0 Å². The van der Waals surface area contributed by atoms with Crippen LogP contribution in [0.1, 0.15) is 32.8 Å². The number of rotatable bonds is 7. The topological polar surface area (TPSA) is 111 Å². The summed E-state index contributed by atoms with van der Waals surface area (Å²) in [6.07, 6.45) is -4.02. The minimum atomic E-state index is -4.60. The van der Waals surface area contributed by atoms with E-state index in [0.29, 0.717) is 24.2 Å². The lowest BCUT2D eigenvalue weighted by atomic mass is 10.1. The van der Waals surface area contributed by atoms with E-state index in [1.165, 1.54) is 25.3 Å². The maximum absolute atomic E-state index is 12.8. The number of carbonyl (C=O) groups excluding carboxylic acids is 2. The summed E-state index contributed by atoms with van der Waals surface area (Å²) >= 11 is 0. The molecule has 1 aromatic heterocycles. The molecule has 0 atom stereocenters. The summed E-state index contributed by atoms with van der Waals surface area (Å²) in [5.41, 5.74) is 4.55. The summed E-state index contributed by atoms with van der Waals surface area (Å²) in [6, 6.07) is 4.83. The third-order valence-corrected chi connectivity index (χ3v) is 3.78. The molecule has 0 aliphatic carbocycles. The zero-order valence-corrected chi connectivity index (χ0v) is 15.3. The van der Waals surface area contributed by atoms with Gasteiger partial charge in [0.25, 0.3) is 11.8 Å². The van der Waals surface area contributed by atoms with Crippen LogP contribution in [0.2, 0.25) is 0 Å². The molecule has 0 saturated carbocycles. The molecule has 11 heteroatoms. The van der Waals surface area contributed by atoms with E-state index >= 15 is 0 Å². The molecular formula is C17H20F3N5O3. The van der Waals surface area contributed by atoms with Gasteiger partial charge >= 0.3 is 6.18 Å². The van der Waals surface area contributed by atoms with E-state index in [2.05, 4.69) is 15.7 Å². The Kier molecular flexibility index (Phi) is 6.62. The average molecular weight is 399 g/mol. The van der Waals surface area contributed by atoms with Gasteiger partial charge in [-0.05, 0) is 31.2 Å². The molecule has 1 heterocycles. The Morgan fingerprint density at radius 1 is 1.25 bits per heavy atom. The van der Waals surface area contributed by atoms with Crippen molar-refractivity contribution < 1.29 is 27.5 Å². The van der Waals surface area contributed by atoms with Crippen molar-refractivity contribution in [2.75, 3.05) is 25.5 Å². The highest BCUT2D eigenvalue weighted by Crippen LogP contribution is 2.30. The van der Waals surface area contributed by atoms with Gasteiger partial charge in [0.2, 0.25) is 0 Å². The van der Waals surface area contributed by atoms with Gasteiger partial charge in [-0.15, -0.1) is 0 Å². The third kappa shape index (κ3) is 5.00. The van der Waals surface area contributed by atoms with Crippen LogP contribution in [0, 0.1) is 0 Å². The largest absolute Gasteiger partial charge is 0.496 e. The van der Waals surface area contributed by atoms with E-state index in [9.17, 15) is 22.8 Å². The number of alkyl halides is 3. The van der Waals surface area contributed by atoms with Crippen LogP contribution < -0.4 is 21.1 Å². The number of hydrogen-bond acceptors (Lipinski definition) is 5. The number of benzene rings is 1. The number of amides is 2. The molecule has 0 radical (unpaired) electrons. The van der Waals surface area contributed by atoms with Crippen molar-refractivity contribution in [2.45, 2.75) is 12.6 Å². The number of carbonyl (C=O) groups is 2. The predicted molar refractivity (Wildman–Crippen MR) is 95.2 cm³/mol. The fraction of sp³-hybridized carbons (Fsp3) is 0.353. The summed E-state index contributed by atoms with van der Waals surface area (Å²) < 4.78 is 44.3. The first-order chi connectivity index (χ1) is 13.2. The Morgan fingerprint density at radius 3 is 2.54 bits per heavy atom. The number of halogens is 3. The highest BCUT2D eigenvalue weighted by atomic mass is 19.4. The van der Waals surface area contributed by atoms with Crippen molar-refractivity contribution in [2.24, 2.45) is 12.8 Å². The number of nitrogens with one attached hydrogen (secondary N) is 2. The van der Waals surface area contributed by atoms with Crippen LogP contribution in [0.15, 0.2) is 24.3 Å². The molecule has 0 fully saturated rings. The number of nitrogens with zero attached hydrogens (tertiary/aromatic N) is 2. The van der Waals surface area contributed by atoms with E-state index in [4.69, 9.17) is 10.5 Å². The molecule has 0 unspecified atom stereocenters. The minimum Gasteiger partial charge on any atom is -0.496 e. The number of nitrogens with two attached hydrogens (primary N) is 1. The van der Waals surface area contributed by atoms with Crippen molar-refractivity contribution in [3.05, 3.63) is 41.1 Å². The molecule has 0 spiro atoms. The first-order valence-electron chi connectivity index (χ1n) is 8.26. The van der Waals surface area contributed by atoms with E-state index in [1.54, 1.807) is 0 Å². The molecule has 28 heavy (non-hydrogen) atoms. The molecule has 4 N–H and O–H groups in total. The zero-order chi connectivity index (χ0) is 20.9. The smallest absolute Gasteiger partial charge is 0.433 e. The lowest BCUT2D eigenvalue weighted by Crippen LogP contribution is -2.26. The number of anilines is 1. The number of aryl methyl sites for hydroxylation is 1. The third-order valence-electron chi connectivity index (χ3n) is 3.78. The number of aromatic nitrogens is 2. The van der Waals surface area contributed by atoms with Gasteiger partial charge < -0.3 is 21.1 Å². The van der Waals surface area contributed by atoms with E-state index in [-0.39, 0.29) is 22.7 Å². The summed E-state index contributed by atoms with van der Waals surface area (Å²) in [5, 5.41) is 8.57. The molecular weight excluding hydrogens is 379 g/mol. The van der Waals surface area contributed by atoms with Gasteiger partial charge in [0.05, 0.1) is 12.7 Å². The Hall–Kier alpha value is -3.08. The Balaban J connectivity index is 2.22.